The lowest BCUT2D eigenvalue weighted by atomic mass is 10.0. The number of hydrogen-bond acceptors (Lipinski definition) is 4. The molecule has 0 spiro atoms. The predicted molar refractivity (Wildman–Crippen MR) is 79.5 cm³/mol. The highest BCUT2D eigenvalue weighted by Crippen LogP contribution is 2.18. The van der Waals surface area contributed by atoms with Crippen molar-refractivity contribution in [2.75, 3.05) is 5.32 Å². The van der Waals surface area contributed by atoms with Crippen LogP contribution in [0.15, 0.2) is 12.4 Å². The van der Waals surface area contributed by atoms with Gasteiger partial charge >= 0.3 is 0 Å². The summed E-state index contributed by atoms with van der Waals surface area (Å²) in [5.41, 5.74) is 6.37. The molecule has 1 aromatic heterocycles. The molecule has 0 radical (unpaired) electrons. The second-order valence-corrected chi connectivity index (χ2v) is 5.99. The summed E-state index contributed by atoms with van der Waals surface area (Å²) in [5, 5.41) is 9.66. The molecule has 116 valence electrons. The van der Waals surface area contributed by atoms with Gasteiger partial charge < -0.3 is 16.4 Å². The maximum absolute atomic E-state index is 11.9. The predicted octanol–water partition coefficient (Wildman–Crippen LogP) is 0.474. The first kappa shape index (κ1) is 15.5. The molecule has 1 aliphatic rings. The van der Waals surface area contributed by atoms with Gasteiger partial charge in [-0.15, -0.1) is 0 Å². The van der Waals surface area contributed by atoms with Crippen molar-refractivity contribution in [3.63, 3.8) is 0 Å². The average Bonchev–Trinajstić information content (AvgIpc) is 3.08. The van der Waals surface area contributed by atoms with E-state index >= 15 is 0 Å². The third kappa shape index (κ3) is 5.18. The molecular weight excluding hydrogens is 270 g/mol. The van der Waals surface area contributed by atoms with Crippen molar-refractivity contribution < 1.29 is 9.59 Å². The Hall–Kier alpha value is -1.89. The molecule has 7 nitrogen and oxygen atoms in total. The minimum absolute atomic E-state index is 0.0602. The lowest BCUT2D eigenvalue weighted by Gasteiger charge is -2.13. The van der Waals surface area contributed by atoms with Crippen molar-refractivity contribution in [2.24, 2.45) is 11.7 Å². The van der Waals surface area contributed by atoms with E-state index in [1.54, 1.807) is 6.20 Å². The molecule has 0 saturated heterocycles. The summed E-state index contributed by atoms with van der Waals surface area (Å²) in [6, 6.07) is -0.201. The number of nitrogens with zero attached hydrogens (tertiary/aromatic N) is 2. The van der Waals surface area contributed by atoms with Gasteiger partial charge in [-0.05, 0) is 25.2 Å². The van der Waals surface area contributed by atoms with Crippen LogP contribution in [0.25, 0.3) is 0 Å². The molecule has 1 unspecified atom stereocenters. The van der Waals surface area contributed by atoms with Crippen LogP contribution in [0.4, 0.5) is 5.69 Å². The summed E-state index contributed by atoms with van der Waals surface area (Å²) in [6.07, 6.45) is 5.89. The summed E-state index contributed by atoms with van der Waals surface area (Å²) < 4.78 is 1.50. The zero-order valence-electron chi connectivity index (χ0n) is 12.5. The van der Waals surface area contributed by atoms with Gasteiger partial charge in [0, 0.05) is 12.2 Å². The number of rotatable bonds is 7. The molecular formula is C14H23N5O2. The summed E-state index contributed by atoms with van der Waals surface area (Å²) in [5.74, 6) is 0.0697. The number of nitrogens with one attached hydrogen (secondary N) is 2. The molecule has 1 heterocycles. The molecule has 0 aliphatic heterocycles. The van der Waals surface area contributed by atoms with Gasteiger partial charge in [0.15, 0.2) is 0 Å². The van der Waals surface area contributed by atoms with E-state index in [1.807, 2.05) is 13.8 Å². The standard InChI is InChI=1S/C14H23N5O2/c1-9(2)5-12(15)14(21)18-11-6-16-19(7-11)8-13(20)17-10-3-4-10/h6-7,9-10,12H,3-5,8,15H2,1-2H3,(H,17,20)(H,18,21). The van der Waals surface area contributed by atoms with Gasteiger partial charge in [0.05, 0.1) is 17.9 Å². The van der Waals surface area contributed by atoms with E-state index in [1.165, 1.54) is 10.9 Å². The van der Waals surface area contributed by atoms with E-state index in [2.05, 4.69) is 15.7 Å². The molecule has 7 heteroatoms. The number of carbonyl (C=O) groups excluding carboxylic acids is 2. The van der Waals surface area contributed by atoms with Crippen LogP contribution in [0.2, 0.25) is 0 Å². The van der Waals surface area contributed by atoms with Crippen molar-refractivity contribution in [3.8, 4) is 0 Å². The molecule has 1 aliphatic carbocycles. The third-order valence-electron chi connectivity index (χ3n) is 3.21. The second-order valence-electron chi connectivity index (χ2n) is 5.99. The molecule has 1 atom stereocenters. The van der Waals surface area contributed by atoms with Crippen LogP contribution < -0.4 is 16.4 Å². The quantitative estimate of drug-likeness (QED) is 0.680. The Balaban J connectivity index is 1.81. The first-order valence-corrected chi connectivity index (χ1v) is 7.32. The summed E-state index contributed by atoms with van der Waals surface area (Å²) in [7, 11) is 0. The van der Waals surface area contributed by atoms with Crippen LogP contribution in [0.3, 0.4) is 0 Å². The Bertz CT molecular complexity index is 507. The second kappa shape index (κ2) is 6.71. The van der Waals surface area contributed by atoms with Crippen molar-refractivity contribution in [1.82, 2.24) is 15.1 Å². The topological polar surface area (TPSA) is 102 Å². The molecule has 0 aromatic carbocycles. The lowest BCUT2D eigenvalue weighted by molar-refractivity contribution is -0.122. The van der Waals surface area contributed by atoms with Crippen LogP contribution >= 0.6 is 0 Å². The highest BCUT2D eigenvalue weighted by atomic mass is 16.2. The van der Waals surface area contributed by atoms with Crippen molar-refractivity contribution >= 4 is 17.5 Å². The van der Waals surface area contributed by atoms with Crippen molar-refractivity contribution in [3.05, 3.63) is 12.4 Å². The van der Waals surface area contributed by atoms with Gasteiger partial charge in [-0.1, -0.05) is 13.8 Å². The van der Waals surface area contributed by atoms with E-state index in [0.717, 1.165) is 12.8 Å². The summed E-state index contributed by atoms with van der Waals surface area (Å²) in [6.45, 7) is 4.19. The minimum Gasteiger partial charge on any atom is -0.352 e. The Morgan fingerprint density at radius 3 is 2.81 bits per heavy atom. The lowest BCUT2D eigenvalue weighted by Crippen LogP contribution is -2.36. The molecule has 1 aromatic rings. The van der Waals surface area contributed by atoms with Crippen LogP contribution in [0, 0.1) is 5.92 Å². The summed E-state index contributed by atoms with van der Waals surface area (Å²) >= 11 is 0. The Labute approximate surface area is 124 Å². The highest BCUT2D eigenvalue weighted by molar-refractivity contribution is 5.94. The fraction of sp³-hybridized carbons (Fsp3) is 0.643. The number of aromatic nitrogens is 2. The maximum Gasteiger partial charge on any atom is 0.241 e. The monoisotopic (exact) mass is 293 g/mol. The molecule has 1 fully saturated rings. The average molecular weight is 293 g/mol. The fourth-order valence-corrected chi connectivity index (χ4v) is 2.01. The van der Waals surface area contributed by atoms with E-state index in [-0.39, 0.29) is 18.4 Å². The van der Waals surface area contributed by atoms with Gasteiger partial charge in [-0.25, -0.2) is 0 Å². The fourth-order valence-electron chi connectivity index (χ4n) is 2.01. The van der Waals surface area contributed by atoms with Crippen LogP contribution in [-0.4, -0.2) is 33.7 Å². The van der Waals surface area contributed by atoms with Gasteiger partial charge in [-0.3, -0.25) is 14.3 Å². The van der Waals surface area contributed by atoms with Crippen LogP contribution in [0.1, 0.15) is 33.1 Å². The van der Waals surface area contributed by atoms with Gasteiger partial charge in [-0.2, -0.15) is 5.10 Å². The molecule has 1 saturated carbocycles. The number of carbonyl (C=O) groups is 2. The first-order chi connectivity index (χ1) is 9.94. The highest BCUT2D eigenvalue weighted by Gasteiger charge is 2.23. The Morgan fingerprint density at radius 2 is 2.19 bits per heavy atom. The molecule has 2 amide bonds. The SMILES string of the molecule is CC(C)CC(N)C(=O)Nc1cnn(CC(=O)NC2CC2)c1. The Kier molecular flexibility index (Phi) is 4.95. The molecule has 0 bridgehead atoms. The zero-order valence-corrected chi connectivity index (χ0v) is 12.5. The molecule has 2 rings (SSSR count). The molecule has 21 heavy (non-hydrogen) atoms. The zero-order chi connectivity index (χ0) is 15.4. The number of amides is 2. The van der Waals surface area contributed by atoms with Gasteiger partial charge in [0.25, 0.3) is 0 Å². The Morgan fingerprint density at radius 1 is 1.48 bits per heavy atom. The van der Waals surface area contributed by atoms with E-state index in [9.17, 15) is 9.59 Å². The number of hydrogen-bond donors (Lipinski definition) is 3. The first-order valence-electron chi connectivity index (χ1n) is 7.32. The third-order valence-corrected chi connectivity index (χ3v) is 3.21. The van der Waals surface area contributed by atoms with E-state index < -0.39 is 6.04 Å². The number of anilines is 1. The largest absolute Gasteiger partial charge is 0.352 e. The van der Waals surface area contributed by atoms with E-state index in [0.29, 0.717) is 24.1 Å². The van der Waals surface area contributed by atoms with Crippen molar-refractivity contribution in [2.45, 2.75) is 51.7 Å². The van der Waals surface area contributed by atoms with Crippen molar-refractivity contribution in [1.29, 1.82) is 0 Å². The molecule has 4 N–H and O–H groups in total. The normalized spacial score (nSPS) is 15.8. The minimum atomic E-state index is -0.536. The summed E-state index contributed by atoms with van der Waals surface area (Å²) in [4.78, 5) is 23.5. The van der Waals surface area contributed by atoms with Gasteiger partial charge in [0.1, 0.15) is 6.54 Å². The van der Waals surface area contributed by atoms with E-state index in [4.69, 9.17) is 5.73 Å². The maximum atomic E-state index is 11.9. The smallest absolute Gasteiger partial charge is 0.241 e. The number of nitrogens with two attached hydrogens (primary N) is 1. The van der Waals surface area contributed by atoms with Crippen LogP contribution in [-0.2, 0) is 16.1 Å². The van der Waals surface area contributed by atoms with Crippen LogP contribution in [0.5, 0.6) is 0 Å². The van der Waals surface area contributed by atoms with Gasteiger partial charge in [0.2, 0.25) is 11.8 Å².